The minimum atomic E-state index is -1.21. The number of carbonyl (C=O) groups excluding carboxylic acids is 1. The highest BCUT2D eigenvalue weighted by Crippen LogP contribution is 1.89. The monoisotopic (exact) mass is 183 g/mol. The van der Waals surface area contributed by atoms with Crippen LogP contribution in [0, 0.1) is 0 Å². The lowest BCUT2D eigenvalue weighted by Gasteiger charge is -1.90. The van der Waals surface area contributed by atoms with Gasteiger partial charge in [-0.2, -0.15) is 5.21 Å². The van der Waals surface area contributed by atoms with Gasteiger partial charge in [-0.05, 0) is 5.21 Å². The molecule has 8 nitrogen and oxygen atoms in total. The third kappa shape index (κ3) is 3.10. The molecule has 1 heterocycles. The zero-order valence-corrected chi connectivity index (χ0v) is 6.26. The van der Waals surface area contributed by atoms with Crippen molar-refractivity contribution in [3.63, 3.8) is 0 Å². The summed E-state index contributed by atoms with van der Waals surface area (Å²) in [4.78, 5) is 20.8. The van der Waals surface area contributed by atoms with Crippen LogP contribution in [0.2, 0.25) is 0 Å². The Labute approximate surface area is 71.6 Å². The number of hydrogen-bond acceptors (Lipinski definition) is 5. The Morgan fingerprint density at radius 1 is 1.46 bits per heavy atom. The SMILES string of the molecule is O=C(O)C=CC(=O)Nc1nn[nH]n1. The van der Waals surface area contributed by atoms with Gasteiger partial charge in [-0.1, -0.05) is 5.10 Å². The van der Waals surface area contributed by atoms with Crippen molar-refractivity contribution < 1.29 is 14.7 Å². The quantitative estimate of drug-likeness (QED) is 0.505. The number of aromatic nitrogens is 4. The van der Waals surface area contributed by atoms with Crippen LogP contribution in [0.3, 0.4) is 0 Å². The Morgan fingerprint density at radius 3 is 2.77 bits per heavy atom. The van der Waals surface area contributed by atoms with E-state index in [1.165, 1.54) is 0 Å². The number of carboxylic acid groups (broad SMARTS) is 1. The Balaban J connectivity index is 2.47. The van der Waals surface area contributed by atoms with Crippen LogP contribution in [0.25, 0.3) is 0 Å². The first-order valence-electron chi connectivity index (χ1n) is 3.14. The molecule has 1 amide bonds. The molecule has 0 atom stereocenters. The summed E-state index contributed by atoms with van der Waals surface area (Å²) in [6.45, 7) is 0. The molecule has 68 valence electrons. The summed E-state index contributed by atoms with van der Waals surface area (Å²) in [6.07, 6.45) is 1.55. The van der Waals surface area contributed by atoms with Gasteiger partial charge in [-0.15, -0.1) is 5.10 Å². The van der Waals surface area contributed by atoms with Crippen molar-refractivity contribution in [3.05, 3.63) is 12.2 Å². The molecular formula is C5H5N5O3. The van der Waals surface area contributed by atoms with Crippen molar-refractivity contribution in [2.45, 2.75) is 0 Å². The highest BCUT2D eigenvalue weighted by atomic mass is 16.4. The van der Waals surface area contributed by atoms with Crippen molar-refractivity contribution in [3.8, 4) is 0 Å². The first kappa shape index (κ1) is 8.84. The second kappa shape index (κ2) is 3.95. The smallest absolute Gasteiger partial charge is 0.328 e. The normalized spacial score (nSPS) is 10.2. The second-order valence-electron chi connectivity index (χ2n) is 1.90. The second-order valence-corrected chi connectivity index (χ2v) is 1.90. The van der Waals surface area contributed by atoms with Crippen molar-refractivity contribution in [2.24, 2.45) is 0 Å². The molecule has 1 rings (SSSR count). The molecule has 0 saturated heterocycles. The van der Waals surface area contributed by atoms with Gasteiger partial charge in [0.2, 0.25) is 0 Å². The number of nitrogens with one attached hydrogen (secondary N) is 2. The van der Waals surface area contributed by atoms with Crippen LogP contribution in [0.4, 0.5) is 5.95 Å². The number of carboxylic acids is 1. The van der Waals surface area contributed by atoms with E-state index in [4.69, 9.17) is 5.11 Å². The number of anilines is 1. The van der Waals surface area contributed by atoms with Gasteiger partial charge in [0.1, 0.15) is 0 Å². The molecule has 0 aliphatic rings. The molecule has 1 aromatic heterocycles. The number of aliphatic carboxylic acids is 1. The molecule has 0 aliphatic heterocycles. The van der Waals surface area contributed by atoms with Crippen LogP contribution in [0.5, 0.6) is 0 Å². The summed E-state index contributed by atoms with van der Waals surface area (Å²) in [5.74, 6) is -1.85. The molecule has 0 saturated carbocycles. The summed E-state index contributed by atoms with van der Waals surface area (Å²) in [7, 11) is 0. The van der Waals surface area contributed by atoms with E-state index >= 15 is 0 Å². The minimum Gasteiger partial charge on any atom is -0.478 e. The molecular weight excluding hydrogens is 178 g/mol. The maximum Gasteiger partial charge on any atom is 0.328 e. The van der Waals surface area contributed by atoms with E-state index in [-0.39, 0.29) is 5.95 Å². The van der Waals surface area contributed by atoms with Gasteiger partial charge in [-0.3, -0.25) is 10.1 Å². The van der Waals surface area contributed by atoms with Crippen LogP contribution in [-0.2, 0) is 9.59 Å². The van der Waals surface area contributed by atoms with Gasteiger partial charge < -0.3 is 5.11 Å². The van der Waals surface area contributed by atoms with Gasteiger partial charge in [0.05, 0.1) is 0 Å². The molecule has 0 radical (unpaired) electrons. The first-order chi connectivity index (χ1) is 6.18. The fraction of sp³-hybridized carbons (Fsp3) is 0. The lowest BCUT2D eigenvalue weighted by molar-refractivity contribution is -0.131. The maximum atomic E-state index is 10.8. The molecule has 3 N–H and O–H groups in total. The van der Waals surface area contributed by atoms with Gasteiger partial charge >= 0.3 is 5.97 Å². The molecule has 0 bridgehead atoms. The largest absolute Gasteiger partial charge is 0.478 e. The Hall–Kier alpha value is -2.25. The van der Waals surface area contributed by atoms with Gasteiger partial charge in [-0.25, -0.2) is 4.79 Å². The fourth-order valence-corrected chi connectivity index (χ4v) is 0.514. The van der Waals surface area contributed by atoms with Gasteiger partial charge in [0.15, 0.2) is 0 Å². The van der Waals surface area contributed by atoms with E-state index in [2.05, 4.69) is 25.9 Å². The molecule has 0 aromatic carbocycles. The first-order valence-corrected chi connectivity index (χ1v) is 3.14. The number of H-pyrrole nitrogens is 1. The molecule has 0 spiro atoms. The predicted molar refractivity (Wildman–Crippen MR) is 39.6 cm³/mol. The molecule has 13 heavy (non-hydrogen) atoms. The predicted octanol–water partition coefficient (Wildman–Crippen LogP) is -1.22. The van der Waals surface area contributed by atoms with E-state index in [0.29, 0.717) is 6.08 Å². The topological polar surface area (TPSA) is 121 Å². The third-order valence-corrected chi connectivity index (χ3v) is 0.958. The Bertz CT molecular complexity index is 330. The van der Waals surface area contributed by atoms with Crippen molar-refractivity contribution in [2.75, 3.05) is 5.32 Å². The number of hydrogen-bond donors (Lipinski definition) is 3. The Kier molecular flexibility index (Phi) is 2.69. The Morgan fingerprint density at radius 2 is 2.23 bits per heavy atom. The van der Waals surface area contributed by atoms with E-state index in [9.17, 15) is 9.59 Å². The number of amides is 1. The molecule has 8 heteroatoms. The van der Waals surface area contributed by atoms with E-state index in [1.807, 2.05) is 0 Å². The number of carbonyl (C=O) groups is 2. The van der Waals surface area contributed by atoms with Crippen LogP contribution in [-0.4, -0.2) is 37.6 Å². The van der Waals surface area contributed by atoms with Crippen molar-refractivity contribution in [1.82, 2.24) is 20.6 Å². The molecule has 0 fully saturated rings. The summed E-state index contributed by atoms with van der Waals surface area (Å²) in [6, 6.07) is 0. The number of rotatable bonds is 3. The lowest BCUT2D eigenvalue weighted by Crippen LogP contribution is -2.09. The highest BCUT2D eigenvalue weighted by molar-refractivity contribution is 6.01. The van der Waals surface area contributed by atoms with Crippen molar-refractivity contribution >= 4 is 17.8 Å². The molecule has 0 aliphatic carbocycles. The van der Waals surface area contributed by atoms with Crippen LogP contribution in [0.15, 0.2) is 12.2 Å². The molecule has 1 aromatic rings. The van der Waals surface area contributed by atoms with E-state index in [1.54, 1.807) is 0 Å². The van der Waals surface area contributed by atoms with Gasteiger partial charge in [0, 0.05) is 12.2 Å². The summed E-state index contributed by atoms with van der Waals surface area (Å²) >= 11 is 0. The number of aromatic amines is 1. The van der Waals surface area contributed by atoms with Crippen LogP contribution in [0.1, 0.15) is 0 Å². The lowest BCUT2D eigenvalue weighted by atomic mass is 10.5. The summed E-state index contributed by atoms with van der Waals surface area (Å²) in [5.41, 5.74) is 0. The fourth-order valence-electron chi connectivity index (χ4n) is 0.514. The van der Waals surface area contributed by atoms with Crippen LogP contribution >= 0.6 is 0 Å². The van der Waals surface area contributed by atoms with E-state index in [0.717, 1.165) is 6.08 Å². The zero-order chi connectivity index (χ0) is 9.68. The van der Waals surface area contributed by atoms with Crippen molar-refractivity contribution in [1.29, 1.82) is 0 Å². The standard InChI is InChI=1S/C5H5N5O3/c11-3(1-2-4(12)13)6-5-7-9-10-8-5/h1-2H,(H,12,13)(H2,6,7,8,9,10,11). The highest BCUT2D eigenvalue weighted by Gasteiger charge is 2.01. The molecule has 0 unspecified atom stereocenters. The number of tetrazole rings is 1. The maximum absolute atomic E-state index is 10.8. The zero-order valence-electron chi connectivity index (χ0n) is 6.26. The minimum absolute atomic E-state index is 0.0139. The average Bonchev–Trinajstić information content (AvgIpc) is 2.53. The number of nitrogens with zero attached hydrogens (tertiary/aromatic N) is 3. The average molecular weight is 183 g/mol. The summed E-state index contributed by atoms with van der Waals surface area (Å²) < 4.78 is 0. The van der Waals surface area contributed by atoms with Crippen LogP contribution < -0.4 is 5.32 Å². The summed E-state index contributed by atoms with van der Waals surface area (Å²) in [5, 5.41) is 22.5. The third-order valence-electron chi connectivity index (χ3n) is 0.958. The van der Waals surface area contributed by atoms with E-state index < -0.39 is 11.9 Å². The van der Waals surface area contributed by atoms with Gasteiger partial charge in [0.25, 0.3) is 11.9 Å².